The van der Waals surface area contributed by atoms with Crippen molar-refractivity contribution in [1.82, 2.24) is 0 Å². The molecule has 0 N–H and O–H groups in total. The van der Waals surface area contributed by atoms with Crippen molar-refractivity contribution in [2.45, 2.75) is 18.8 Å². The molecule has 0 amide bonds. The number of carbonyl (C=O) groups is 1. The zero-order chi connectivity index (χ0) is 10.7. The van der Waals surface area contributed by atoms with Gasteiger partial charge in [0.2, 0.25) is 0 Å². The van der Waals surface area contributed by atoms with Crippen LogP contribution in [0.1, 0.15) is 16.7 Å². The highest BCUT2D eigenvalue weighted by Gasteiger charge is 2.27. The van der Waals surface area contributed by atoms with Gasteiger partial charge >= 0.3 is 0 Å². The fourth-order valence-electron chi connectivity index (χ4n) is 1.57. The van der Waals surface area contributed by atoms with Crippen LogP contribution in [0.4, 0.5) is 0 Å². The minimum atomic E-state index is -0.362. The normalized spacial score (nSPS) is 14.7. The highest BCUT2D eigenvalue weighted by Crippen LogP contribution is 2.31. The van der Waals surface area contributed by atoms with E-state index in [1.807, 2.05) is 30.5 Å². The standard InChI is InChI=1S/C12H12OS2/c1-12(9-13,11-5-3-7-15-11)8-10-4-2-6-14-10/h2-7,9H,8H2,1H3. The molecular formula is C12H12OS2. The Hall–Kier alpha value is -0.930. The summed E-state index contributed by atoms with van der Waals surface area (Å²) in [5.74, 6) is 0. The molecule has 0 aliphatic heterocycles. The molecule has 1 nitrogen and oxygen atoms in total. The largest absolute Gasteiger partial charge is 0.302 e. The topological polar surface area (TPSA) is 17.1 Å². The summed E-state index contributed by atoms with van der Waals surface area (Å²) in [6.07, 6.45) is 1.87. The molecule has 1 atom stereocenters. The van der Waals surface area contributed by atoms with Gasteiger partial charge in [0, 0.05) is 9.75 Å². The molecule has 1 unspecified atom stereocenters. The van der Waals surface area contributed by atoms with E-state index in [0.29, 0.717) is 0 Å². The Morgan fingerprint density at radius 2 is 2.00 bits per heavy atom. The van der Waals surface area contributed by atoms with Crippen LogP contribution in [0.2, 0.25) is 0 Å². The van der Waals surface area contributed by atoms with Gasteiger partial charge in [-0.3, -0.25) is 0 Å². The Labute approximate surface area is 97.4 Å². The van der Waals surface area contributed by atoms with Gasteiger partial charge in [-0.1, -0.05) is 12.1 Å². The van der Waals surface area contributed by atoms with Crippen LogP contribution < -0.4 is 0 Å². The van der Waals surface area contributed by atoms with E-state index in [1.54, 1.807) is 22.7 Å². The number of aldehydes is 1. The van der Waals surface area contributed by atoms with E-state index in [9.17, 15) is 4.79 Å². The van der Waals surface area contributed by atoms with Crippen LogP contribution >= 0.6 is 22.7 Å². The highest BCUT2D eigenvalue weighted by molar-refractivity contribution is 7.10. The summed E-state index contributed by atoms with van der Waals surface area (Å²) in [5.41, 5.74) is -0.362. The Bertz CT molecular complexity index is 416. The molecule has 0 spiro atoms. The number of carbonyl (C=O) groups excluding carboxylic acids is 1. The minimum Gasteiger partial charge on any atom is -0.302 e. The average molecular weight is 236 g/mol. The summed E-state index contributed by atoms with van der Waals surface area (Å²) < 4.78 is 0. The van der Waals surface area contributed by atoms with Crippen LogP contribution in [0, 0.1) is 0 Å². The summed E-state index contributed by atoms with van der Waals surface area (Å²) in [7, 11) is 0. The molecule has 2 rings (SSSR count). The molecule has 0 radical (unpaired) electrons. The zero-order valence-electron chi connectivity index (χ0n) is 8.47. The second-order valence-electron chi connectivity index (χ2n) is 3.77. The summed E-state index contributed by atoms with van der Waals surface area (Å²) in [5, 5.41) is 4.07. The maximum Gasteiger partial charge on any atom is 0.131 e. The van der Waals surface area contributed by atoms with Crippen molar-refractivity contribution in [3.8, 4) is 0 Å². The Morgan fingerprint density at radius 3 is 2.53 bits per heavy atom. The van der Waals surface area contributed by atoms with Gasteiger partial charge in [-0.2, -0.15) is 0 Å². The molecular weight excluding hydrogens is 224 g/mol. The molecule has 0 bridgehead atoms. The van der Waals surface area contributed by atoms with Crippen LogP contribution in [0.25, 0.3) is 0 Å². The second-order valence-corrected chi connectivity index (χ2v) is 5.75. The van der Waals surface area contributed by atoms with Crippen molar-refractivity contribution in [3.05, 3.63) is 44.8 Å². The average Bonchev–Trinajstić information content (AvgIpc) is 2.89. The van der Waals surface area contributed by atoms with Gasteiger partial charge < -0.3 is 4.79 Å². The van der Waals surface area contributed by atoms with Gasteiger partial charge in [0.25, 0.3) is 0 Å². The van der Waals surface area contributed by atoms with Crippen LogP contribution in [0.15, 0.2) is 35.0 Å². The third kappa shape index (κ3) is 2.19. The molecule has 3 heteroatoms. The predicted molar refractivity (Wildman–Crippen MR) is 65.8 cm³/mol. The number of rotatable bonds is 4. The van der Waals surface area contributed by atoms with Crippen molar-refractivity contribution < 1.29 is 4.79 Å². The monoisotopic (exact) mass is 236 g/mol. The highest BCUT2D eigenvalue weighted by atomic mass is 32.1. The van der Waals surface area contributed by atoms with Crippen molar-refractivity contribution in [2.75, 3.05) is 0 Å². The lowest BCUT2D eigenvalue weighted by Gasteiger charge is -2.20. The fourth-order valence-corrected chi connectivity index (χ4v) is 3.29. The van der Waals surface area contributed by atoms with E-state index in [-0.39, 0.29) is 5.41 Å². The molecule has 0 aromatic carbocycles. The molecule has 2 heterocycles. The van der Waals surface area contributed by atoms with E-state index in [2.05, 4.69) is 11.4 Å². The first-order valence-corrected chi connectivity index (χ1v) is 6.53. The smallest absolute Gasteiger partial charge is 0.131 e. The van der Waals surface area contributed by atoms with E-state index >= 15 is 0 Å². The lowest BCUT2D eigenvalue weighted by atomic mass is 9.86. The summed E-state index contributed by atoms with van der Waals surface area (Å²) in [4.78, 5) is 13.7. The van der Waals surface area contributed by atoms with Crippen LogP contribution in [-0.2, 0) is 16.6 Å². The molecule has 78 valence electrons. The van der Waals surface area contributed by atoms with Gasteiger partial charge in [0.15, 0.2) is 0 Å². The first kappa shape index (κ1) is 10.6. The second kappa shape index (κ2) is 4.29. The zero-order valence-corrected chi connectivity index (χ0v) is 10.1. The number of hydrogen-bond acceptors (Lipinski definition) is 3. The van der Waals surface area contributed by atoms with Crippen molar-refractivity contribution in [1.29, 1.82) is 0 Å². The van der Waals surface area contributed by atoms with Gasteiger partial charge in [0.1, 0.15) is 6.29 Å². The van der Waals surface area contributed by atoms with E-state index < -0.39 is 0 Å². The molecule has 0 aliphatic carbocycles. The SMILES string of the molecule is CC(C=O)(Cc1cccs1)c1cccs1. The Balaban J connectivity index is 2.26. The predicted octanol–water partition coefficient (Wildman–Crippen LogP) is 3.51. The molecule has 0 aliphatic rings. The van der Waals surface area contributed by atoms with Crippen molar-refractivity contribution >= 4 is 29.0 Å². The first-order chi connectivity index (χ1) is 7.24. The summed E-state index contributed by atoms with van der Waals surface area (Å²) >= 11 is 3.36. The van der Waals surface area contributed by atoms with Gasteiger partial charge in [-0.05, 0) is 36.2 Å². The van der Waals surface area contributed by atoms with E-state index in [4.69, 9.17) is 0 Å². The number of thiophene rings is 2. The maximum absolute atomic E-state index is 11.3. The maximum atomic E-state index is 11.3. The quantitative estimate of drug-likeness (QED) is 0.742. The molecule has 0 saturated carbocycles. The lowest BCUT2D eigenvalue weighted by Crippen LogP contribution is -2.25. The first-order valence-electron chi connectivity index (χ1n) is 4.77. The molecule has 0 saturated heterocycles. The van der Waals surface area contributed by atoms with E-state index in [1.165, 1.54) is 4.88 Å². The summed E-state index contributed by atoms with van der Waals surface area (Å²) in [6.45, 7) is 2.01. The van der Waals surface area contributed by atoms with Gasteiger partial charge in [-0.25, -0.2) is 0 Å². The van der Waals surface area contributed by atoms with Gasteiger partial charge in [0.05, 0.1) is 5.41 Å². The fraction of sp³-hybridized carbons (Fsp3) is 0.250. The third-order valence-corrected chi connectivity index (χ3v) is 4.49. The Morgan fingerprint density at radius 1 is 1.27 bits per heavy atom. The third-order valence-electron chi connectivity index (χ3n) is 2.47. The van der Waals surface area contributed by atoms with Crippen LogP contribution in [-0.4, -0.2) is 6.29 Å². The van der Waals surface area contributed by atoms with Crippen LogP contribution in [0.5, 0.6) is 0 Å². The molecule has 15 heavy (non-hydrogen) atoms. The molecule has 2 aromatic rings. The lowest BCUT2D eigenvalue weighted by molar-refractivity contribution is -0.112. The minimum absolute atomic E-state index is 0.362. The van der Waals surface area contributed by atoms with E-state index in [0.717, 1.165) is 17.6 Å². The van der Waals surface area contributed by atoms with Gasteiger partial charge in [-0.15, -0.1) is 22.7 Å². The Kier molecular flexibility index (Phi) is 3.03. The van der Waals surface area contributed by atoms with Crippen LogP contribution in [0.3, 0.4) is 0 Å². The molecule has 0 fully saturated rings. The van der Waals surface area contributed by atoms with Crippen molar-refractivity contribution in [3.63, 3.8) is 0 Å². The molecule has 2 aromatic heterocycles. The summed E-state index contributed by atoms with van der Waals surface area (Å²) in [6, 6.07) is 8.14. The number of hydrogen-bond donors (Lipinski definition) is 0. The van der Waals surface area contributed by atoms with Crippen molar-refractivity contribution in [2.24, 2.45) is 0 Å².